The van der Waals surface area contributed by atoms with Crippen molar-refractivity contribution < 1.29 is 29.3 Å². The van der Waals surface area contributed by atoms with Gasteiger partial charge in [-0.05, 0) is 44.3 Å². The second-order valence-electron chi connectivity index (χ2n) is 9.73. The number of ketones is 1. The fraction of sp³-hybridized carbons (Fsp3) is 0.741. The molecule has 0 aromatic rings. The SMILES string of the molecule is CCCCO[C@H](CP)C[C@H](OC(=O)C[C@H](O)C(C)(C)C(=O)[C@H](C)[C@H](C)O)/C(C)=C/C=C/SC(C)=NC. The first-order valence-electron chi connectivity index (χ1n) is 12.7. The molecular formula is C27H48NO6PS. The second kappa shape index (κ2) is 18.2. The van der Waals surface area contributed by atoms with Gasteiger partial charge in [0.2, 0.25) is 0 Å². The Morgan fingerprint density at radius 2 is 1.83 bits per heavy atom. The van der Waals surface area contributed by atoms with Crippen LogP contribution in [0.25, 0.3) is 0 Å². The molecule has 0 aliphatic heterocycles. The number of nitrogens with zero attached hydrogens (tertiary/aromatic N) is 1. The Labute approximate surface area is 224 Å². The summed E-state index contributed by atoms with van der Waals surface area (Å²) in [5.41, 5.74) is -0.360. The van der Waals surface area contributed by atoms with Gasteiger partial charge in [0.15, 0.2) is 0 Å². The molecule has 0 saturated carbocycles. The molecule has 0 radical (unpaired) electrons. The number of carbonyl (C=O) groups excluding carboxylic acids is 2. The molecule has 0 aliphatic rings. The predicted octanol–water partition coefficient (Wildman–Crippen LogP) is 4.95. The third-order valence-electron chi connectivity index (χ3n) is 6.33. The molecule has 1 unspecified atom stereocenters. The largest absolute Gasteiger partial charge is 0.458 e. The molecule has 0 fully saturated rings. The van der Waals surface area contributed by atoms with Crippen molar-refractivity contribution in [3.8, 4) is 0 Å². The predicted molar refractivity (Wildman–Crippen MR) is 153 cm³/mol. The number of hydrogen-bond acceptors (Lipinski definition) is 8. The lowest BCUT2D eigenvalue weighted by Gasteiger charge is -2.32. The summed E-state index contributed by atoms with van der Waals surface area (Å²) in [6.07, 6.45) is 3.90. The van der Waals surface area contributed by atoms with Crippen molar-refractivity contribution in [2.24, 2.45) is 16.3 Å². The smallest absolute Gasteiger partial charge is 0.309 e. The lowest BCUT2D eigenvalue weighted by molar-refractivity contribution is -0.155. The van der Waals surface area contributed by atoms with Crippen LogP contribution in [0.5, 0.6) is 0 Å². The van der Waals surface area contributed by atoms with Crippen LogP contribution in [-0.2, 0) is 19.1 Å². The van der Waals surface area contributed by atoms with E-state index in [-0.39, 0.29) is 18.3 Å². The summed E-state index contributed by atoms with van der Waals surface area (Å²) >= 11 is 1.50. The first kappa shape index (κ1) is 35.0. The normalized spacial score (nSPS) is 17.5. The molecule has 6 atom stereocenters. The Balaban J connectivity index is 5.54. The summed E-state index contributed by atoms with van der Waals surface area (Å²) in [6.45, 7) is 12.9. The Morgan fingerprint density at radius 3 is 2.36 bits per heavy atom. The van der Waals surface area contributed by atoms with Crippen molar-refractivity contribution in [2.45, 2.75) is 98.6 Å². The van der Waals surface area contributed by atoms with Gasteiger partial charge in [-0.2, -0.15) is 0 Å². The number of esters is 1. The quantitative estimate of drug-likeness (QED) is 0.0665. The number of hydrogen-bond donors (Lipinski definition) is 2. The molecule has 0 aromatic carbocycles. The number of aliphatic imine (C=N–C) groups is 1. The molecule has 9 heteroatoms. The number of aliphatic hydroxyl groups is 2. The maximum atomic E-state index is 12.9. The van der Waals surface area contributed by atoms with Gasteiger partial charge >= 0.3 is 5.97 Å². The van der Waals surface area contributed by atoms with Crippen molar-refractivity contribution in [1.82, 2.24) is 0 Å². The van der Waals surface area contributed by atoms with E-state index in [2.05, 4.69) is 21.2 Å². The van der Waals surface area contributed by atoms with Crippen molar-refractivity contribution in [1.29, 1.82) is 0 Å². The summed E-state index contributed by atoms with van der Waals surface area (Å²) < 4.78 is 11.8. The van der Waals surface area contributed by atoms with Gasteiger partial charge < -0.3 is 19.7 Å². The van der Waals surface area contributed by atoms with E-state index in [1.807, 2.05) is 31.4 Å². The van der Waals surface area contributed by atoms with Crippen LogP contribution < -0.4 is 0 Å². The molecule has 36 heavy (non-hydrogen) atoms. The summed E-state index contributed by atoms with van der Waals surface area (Å²) in [7, 11) is 4.43. The van der Waals surface area contributed by atoms with Gasteiger partial charge in [-0.3, -0.25) is 14.6 Å². The lowest BCUT2D eigenvalue weighted by atomic mass is 9.75. The van der Waals surface area contributed by atoms with Gasteiger partial charge in [-0.25, -0.2) is 0 Å². The highest BCUT2D eigenvalue weighted by Crippen LogP contribution is 2.30. The molecule has 2 N–H and O–H groups in total. The van der Waals surface area contributed by atoms with Gasteiger partial charge in [0.05, 0.1) is 35.2 Å². The minimum absolute atomic E-state index is 0.106. The highest BCUT2D eigenvalue weighted by molar-refractivity contribution is 8.16. The summed E-state index contributed by atoms with van der Waals surface area (Å²) in [5, 5.41) is 23.4. The average Bonchev–Trinajstić information content (AvgIpc) is 2.83. The van der Waals surface area contributed by atoms with Crippen molar-refractivity contribution >= 4 is 37.8 Å². The van der Waals surface area contributed by atoms with E-state index in [1.54, 1.807) is 27.8 Å². The fourth-order valence-electron chi connectivity index (χ4n) is 3.27. The number of allylic oxidation sites excluding steroid dienone is 2. The first-order chi connectivity index (χ1) is 16.8. The number of Topliss-reactive ketones (excluding diaryl/α,β-unsaturated/α-hetero) is 1. The Hall–Kier alpha value is -1.05. The molecule has 0 amide bonds. The topological polar surface area (TPSA) is 105 Å². The van der Waals surface area contributed by atoms with Crippen LogP contribution in [0, 0.1) is 11.3 Å². The van der Waals surface area contributed by atoms with Crippen molar-refractivity contribution in [3.63, 3.8) is 0 Å². The Kier molecular flexibility index (Phi) is 17.7. The van der Waals surface area contributed by atoms with E-state index < -0.39 is 35.6 Å². The number of rotatable bonds is 17. The van der Waals surface area contributed by atoms with Crippen LogP contribution in [0.3, 0.4) is 0 Å². The molecule has 0 saturated heterocycles. The zero-order chi connectivity index (χ0) is 27.9. The first-order valence-corrected chi connectivity index (χ1v) is 14.4. The number of unbranched alkanes of at least 4 members (excludes halogenated alkanes) is 1. The molecular weight excluding hydrogens is 497 g/mol. The van der Waals surface area contributed by atoms with Crippen molar-refractivity contribution in [3.05, 3.63) is 23.1 Å². The van der Waals surface area contributed by atoms with E-state index >= 15 is 0 Å². The molecule has 0 spiro atoms. The van der Waals surface area contributed by atoms with E-state index in [4.69, 9.17) is 9.47 Å². The maximum Gasteiger partial charge on any atom is 0.309 e. The third-order valence-corrected chi connectivity index (χ3v) is 7.67. The van der Waals surface area contributed by atoms with E-state index in [0.717, 1.165) is 23.5 Å². The van der Waals surface area contributed by atoms with E-state index in [9.17, 15) is 19.8 Å². The molecule has 0 rings (SSSR count). The Bertz CT molecular complexity index is 765. The second-order valence-corrected chi connectivity index (χ2v) is 11.3. The highest BCUT2D eigenvalue weighted by Gasteiger charge is 2.40. The molecule has 0 heterocycles. The molecule has 0 aliphatic carbocycles. The fourth-order valence-corrected chi connectivity index (χ4v) is 4.06. The van der Waals surface area contributed by atoms with Gasteiger partial charge in [0.1, 0.15) is 11.9 Å². The van der Waals surface area contributed by atoms with Crippen LogP contribution in [0.15, 0.2) is 28.1 Å². The summed E-state index contributed by atoms with van der Waals surface area (Å²) in [4.78, 5) is 29.7. The maximum absolute atomic E-state index is 12.9. The monoisotopic (exact) mass is 545 g/mol. The number of thioether (sulfide) groups is 1. The van der Waals surface area contributed by atoms with Crippen LogP contribution in [0.1, 0.15) is 74.1 Å². The zero-order valence-electron chi connectivity index (χ0n) is 23.3. The molecule has 208 valence electrons. The third kappa shape index (κ3) is 13.0. The minimum Gasteiger partial charge on any atom is -0.458 e. The molecule has 0 bridgehead atoms. The van der Waals surface area contributed by atoms with E-state index in [0.29, 0.717) is 19.2 Å². The number of carbonyl (C=O) groups is 2. The van der Waals surface area contributed by atoms with Crippen LogP contribution in [-0.4, -0.2) is 71.2 Å². The van der Waals surface area contributed by atoms with Crippen molar-refractivity contribution in [2.75, 3.05) is 19.8 Å². The molecule has 0 aromatic heterocycles. The van der Waals surface area contributed by atoms with Crippen LogP contribution >= 0.6 is 21.0 Å². The van der Waals surface area contributed by atoms with Gasteiger partial charge in [0.25, 0.3) is 0 Å². The standard InChI is InChI=1S/C27H48NO6PS/c1-9-10-13-33-22(17-35)15-23(18(2)12-11-14-36-21(5)28-8)34-25(31)16-24(30)27(6,7)26(32)19(3)20(4)29/h11-12,14,19-20,22-24,29-30H,9-10,13,15-17,35H2,1-8H3/b14-11+,18-12+,28-21?/t19-,20+,22+,23+,24+/m1/s1. The summed E-state index contributed by atoms with van der Waals surface area (Å²) in [5.74, 6) is -1.54. The molecule has 7 nitrogen and oxygen atoms in total. The Morgan fingerprint density at radius 1 is 1.19 bits per heavy atom. The van der Waals surface area contributed by atoms with Gasteiger partial charge in [-0.15, -0.1) is 9.24 Å². The van der Waals surface area contributed by atoms with Crippen LogP contribution in [0.2, 0.25) is 0 Å². The lowest BCUT2D eigenvalue weighted by Crippen LogP contribution is -2.44. The zero-order valence-corrected chi connectivity index (χ0v) is 25.3. The van der Waals surface area contributed by atoms with Gasteiger partial charge in [-0.1, -0.05) is 58.0 Å². The summed E-state index contributed by atoms with van der Waals surface area (Å²) in [6, 6.07) is 0. The number of ether oxygens (including phenoxy) is 2. The van der Waals surface area contributed by atoms with Gasteiger partial charge in [0, 0.05) is 26.0 Å². The average molecular weight is 546 g/mol. The minimum atomic E-state index is -1.24. The highest BCUT2D eigenvalue weighted by atomic mass is 32.2. The number of aliphatic hydroxyl groups excluding tert-OH is 2. The van der Waals surface area contributed by atoms with E-state index in [1.165, 1.54) is 18.7 Å². The van der Waals surface area contributed by atoms with Crippen LogP contribution in [0.4, 0.5) is 0 Å².